The Morgan fingerprint density at radius 1 is 1.14 bits per heavy atom. The van der Waals surface area contributed by atoms with E-state index in [-0.39, 0.29) is 17.6 Å². The quantitative estimate of drug-likeness (QED) is 0.585. The monoisotopic (exact) mass is 406 g/mol. The van der Waals surface area contributed by atoms with Gasteiger partial charge in [0.25, 0.3) is 5.91 Å². The van der Waals surface area contributed by atoms with Crippen molar-refractivity contribution in [3.63, 3.8) is 0 Å². The third kappa shape index (κ3) is 4.71. The average Bonchev–Trinajstić information content (AvgIpc) is 3.43. The predicted octanol–water partition coefficient (Wildman–Crippen LogP) is 4.55. The van der Waals surface area contributed by atoms with Gasteiger partial charge >= 0.3 is 5.97 Å². The molecule has 29 heavy (non-hydrogen) atoms. The Kier molecular flexibility index (Phi) is 5.71. The molecule has 1 amide bonds. The van der Waals surface area contributed by atoms with Gasteiger partial charge in [0.2, 0.25) is 6.10 Å². The zero-order valence-corrected chi connectivity index (χ0v) is 16.9. The molecule has 1 atom stereocenters. The molecule has 148 valence electrons. The molecule has 1 saturated carbocycles. The van der Waals surface area contributed by atoms with Gasteiger partial charge in [-0.2, -0.15) is 0 Å². The summed E-state index contributed by atoms with van der Waals surface area (Å²) in [7, 11) is 0. The van der Waals surface area contributed by atoms with Crippen LogP contribution in [0.3, 0.4) is 0 Å². The summed E-state index contributed by atoms with van der Waals surface area (Å²) < 4.78 is 5.59. The van der Waals surface area contributed by atoms with Gasteiger partial charge in [0, 0.05) is 22.5 Å². The van der Waals surface area contributed by atoms with Gasteiger partial charge in [-0.1, -0.05) is 61.5 Å². The van der Waals surface area contributed by atoms with E-state index < -0.39 is 12.1 Å². The Bertz CT molecular complexity index is 994. The fourth-order valence-corrected chi connectivity index (χ4v) is 3.75. The van der Waals surface area contributed by atoms with Crippen molar-refractivity contribution in [1.82, 2.24) is 10.3 Å². The van der Waals surface area contributed by atoms with Crippen LogP contribution >= 0.6 is 11.3 Å². The van der Waals surface area contributed by atoms with Crippen molar-refractivity contribution >= 4 is 23.2 Å². The van der Waals surface area contributed by atoms with Crippen LogP contribution in [0.4, 0.5) is 0 Å². The number of nitrogens with one attached hydrogen (secondary N) is 1. The van der Waals surface area contributed by atoms with E-state index in [1.165, 1.54) is 16.9 Å². The Labute approximate surface area is 173 Å². The fraction of sp³-hybridized carbons (Fsp3) is 0.261. The van der Waals surface area contributed by atoms with Crippen LogP contribution in [-0.4, -0.2) is 22.9 Å². The molecule has 0 spiro atoms. The first kappa shape index (κ1) is 19.3. The first-order chi connectivity index (χ1) is 14.1. The van der Waals surface area contributed by atoms with E-state index in [0.29, 0.717) is 5.56 Å². The van der Waals surface area contributed by atoms with Gasteiger partial charge in [0.05, 0.1) is 0 Å². The highest BCUT2D eigenvalue weighted by atomic mass is 32.1. The minimum atomic E-state index is -0.988. The molecular weight excluding hydrogens is 384 g/mol. The number of benzene rings is 2. The summed E-state index contributed by atoms with van der Waals surface area (Å²) in [4.78, 5) is 29.8. The lowest BCUT2D eigenvalue weighted by Gasteiger charge is -2.17. The zero-order chi connectivity index (χ0) is 20.2. The third-order valence-corrected chi connectivity index (χ3v) is 5.70. The lowest BCUT2D eigenvalue weighted by atomic mass is 10.1. The van der Waals surface area contributed by atoms with E-state index >= 15 is 0 Å². The van der Waals surface area contributed by atoms with Crippen molar-refractivity contribution in [2.45, 2.75) is 38.3 Å². The molecule has 4 rings (SSSR count). The SMILES string of the molecule is CCc1ccc(-c2nc(C(=O)O[C@@H](C(=O)NC3CC3)c3ccccc3)cs2)cc1. The maximum atomic E-state index is 12.7. The molecule has 0 saturated heterocycles. The van der Waals surface area contributed by atoms with Gasteiger partial charge < -0.3 is 10.1 Å². The second-order valence-corrected chi connectivity index (χ2v) is 7.93. The minimum Gasteiger partial charge on any atom is -0.443 e. The van der Waals surface area contributed by atoms with E-state index in [1.807, 2.05) is 30.3 Å². The van der Waals surface area contributed by atoms with Crippen molar-refractivity contribution in [2.24, 2.45) is 0 Å². The smallest absolute Gasteiger partial charge is 0.358 e. The van der Waals surface area contributed by atoms with E-state index in [9.17, 15) is 9.59 Å². The van der Waals surface area contributed by atoms with Crippen LogP contribution in [0.15, 0.2) is 60.0 Å². The van der Waals surface area contributed by atoms with Crippen molar-refractivity contribution in [3.8, 4) is 10.6 Å². The molecule has 1 fully saturated rings. The van der Waals surface area contributed by atoms with E-state index in [1.54, 1.807) is 17.5 Å². The lowest BCUT2D eigenvalue weighted by molar-refractivity contribution is -0.130. The first-order valence-corrected chi connectivity index (χ1v) is 10.6. The zero-order valence-electron chi connectivity index (χ0n) is 16.1. The third-order valence-electron chi connectivity index (χ3n) is 4.81. The Morgan fingerprint density at radius 2 is 1.86 bits per heavy atom. The summed E-state index contributed by atoms with van der Waals surface area (Å²) in [6, 6.07) is 17.4. The largest absolute Gasteiger partial charge is 0.443 e. The molecule has 3 aromatic rings. The molecule has 6 heteroatoms. The summed E-state index contributed by atoms with van der Waals surface area (Å²) in [5, 5.41) is 5.34. The molecule has 1 aromatic heterocycles. The van der Waals surface area contributed by atoms with Crippen LogP contribution in [0.2, 0.25) is 0 Å². The number of hydrogen-bond acceptors (Lipinski definition) is 5. The Hall–Kier alpha value is -2.99. The maximum Gasteiger partial charge on any atom is 0.358 e. The Balaban J connectivity index is 1.51. The van der Waals surface area contributed by atoms with Crippen molar-refractivity contribution in [2.75, 3.05) is 0 Å². The molecule has 1 N–H and O–H groups in total. The van der Waals surface area contributed by atoms with Crippen LogP contribution in [-0.2, 0) is 16.0 Å². The van der Waals surface area contributed by atoms with E-state index in [4.69, 9.17) is 4.74 Å². The van der Waals surface area contributed by atoms with Crippen LogP contribution in [0, 0.1) is 0 Å². The molecule has 0 bridgehead atoms. The molecule has 1 aliphatic rings. The fourth-order valence-electron chi connectivity index (χ4n) is 2.96. The van der Waals surface area contributed by atoms with Crippen LogP contribution < -0.4 is 5.32 Å². The standard InChI is InChI=1S/C23H22N2O3S/c1-2-15-8-10-17(11-9-15)22-25-19(14-29-22)23(27)28-20(16-6-4-3-5-7-16)21(26)24-18-12-13-18/h3-11,14,18,20H,2,12-13H2,1H3,(H,24,26)/t20-/m1/s1. The van der Waals surface area contributed by atoms with Crippen LogP contribution in [0.5, 0.6) is 0 Å². The molecule has 1 heterocycles. The maximum absolute atomic E-state index is 12.7. The van der Waals surface area contributed by atoms with Gasteiger partial charge in [-0.05, 0) is 24.8 Å². The van der Waals surface area contributed by atoms with Crippen LogP contribution in [0.1, 0.15) is 47.5 Å². The second-order valence-electron chi connectivity index (χ2n) is 7.07. The molecule has 1 aliphatic carbocycles. The summed E-state index contributed by atoms with van der Waals surface area (Å²) >= 11 is 1.38. The van der Waals surface area contributed by atoms with Gasteiger partial charge in [-0.15, -0.1) is 11.3 Å². The highest BCUT2D eigenvalue weighted by Crippen LogP contribution is 2.27. The highest BCUT2D eigenvalue weighted by Gasteiger charge is 2.31. The first-order valence-electron chi connectivity index (χ1n) is 9.75. The number of esters is 1. The number of thiazole rings is 1. The average molecular weight is 407 g/mol. The topological polar surface area (TPSA) is 68.3 Å². The number of carbonyl (C=O) groups is 2. The number of nitrogens with zero attached hydrogens (tertiary/aromatic N) is 1. The number of hydrogen-bond donors (Lipinski definition) is 1. The lowest BCUT2D eigenvalue weighted by Crippen LogP contribution is -2.33. The number of aryl methyl sites for hydroxylation is 1. The van der Waals surface area contributed by atoms with E-state index in [0.717, 1.165) is 29.8 Å². The van der Waals surface area contributed by atoms with Gasteiger partial charge in [-0.3, -0.25) is 4.79 Å². The number of rotatable bonds is 7. The normalized spacial score (nSPS) is 14.2. The van der Waals surface area contributed by atoms with Crippen molar-refractivity contribution < 1.29 is 14.3 Å². The number of carbonyl (C=O) groups excluding carboxylic acids is 2. The second kappa shape index (κ2) is 8.57. The summed E-state index contributed by atoms with van der Waals surface area (Å²) in [6.45, 7) is 2.11. The molecule has 0 aliphatic heterocycles. The Morgan fingerprint density at radius 3 is 2.52 bits per heavy atom. The van der Waals surface area contributed by atoms with Crippen LogP contribution in [0.25, 0.3) is 10.6 Å². The van der Waals surface area contributed by atoms with Crippen molar-refractivity contribution in [1.29, 1.82) is 0 Å². The summed E-state index contributed by atoms with van der Waals surface area (Å²) in [5.74, 6) is -0.893. The van der Waals surface area contributed by atoms with Gasteiger partial charge in [-0.25, -0.2) is 9.78 Å². The molecule has 5 nitrogen and oxygen atoms in total. The van der Waals surface area contributed by atoms with Gasteiger partial charge in [0.1, 0.15) is 5.01 Å². The predicted molar refractivity (Wildman–Crippen MR) is 113 cm³/mol. The van der Waals surface area contributed by atoms with Gasteiger partial charge in [0.15, 0.2) is 5.69 Å². The van der Waals surface area contributed by atoms with E-state index in [2.05, 4.69) is 29.4 Å². The van der Waals surface area contributed by atoms with Crippen molar-refractivity contribution in [3.05, 3.63) is 76.8 Å². The molecule has 0 radical (unpaired) electrons. The minimum absolute atomic E-state index is 0.185. The number of aromatic nitrogens is 1. The summed E-state index contributed by atoms with van der Waals surface area (Å²) in [5.41, 5.74) is 3.06. The highest BCUT2D eigenvalue weighted by molar-refractivity contribution is 7.13. The number of ether oxygens (including phenoxy) is 1. The molecule has 2 aromatic carbocycles. The summed E-state index contributed by atoms with van der Waals surface area (Å²) in [6.07, 6.45) is 1.92. The molecule has 0 unspecified atom stereocenters. The molecular formula is C23H22N2O3S. The number of amides is 1.